The number of thioether (sulfide) groups is 1. The van der Waals surface area contributed by atoms with E-state index in [-0.39, 0.29) is 11.8 Å². The Bertz CT molecular complexity index is 812. The maximum absolute atomic E-state index is 12.5. The zero-order valence-corrected chi connectivity index (χ0v) is 16.1. The third-order valence-electron chi connectivity index (χ3n) is 4.55. The van der Waals surface area contributed by atoms with E-state index in [4.69, 9.17) is 0 Å². The molecule has 2 heterocycles. The largest absolute Gasteiger partial charge is 0.339 e. The molecule has 0 bridgehead atoms. The molecule has 1 aromatic heterocycles. The lowest BCUT2D eigenvalue weighted by atomic mass is 10.2. The van der Waals surface area contributed by atoms with Gasteiger partial charge in [0.05, 0.1) is 11.4 Å². The Morgan fingerprint density at radius 1 is 1.04 bits per heavy atom. The highest BCUT2D eigenvalue weighted by molar-refractivity contribution is 7.99. The molecule has 2 amide bonds. The number of carbonyl (C=O) groups is 2. The molecular formula is C18H23N5O2S. The Kier molecular flexibility index (Phi) is 5.61. The monoisotopic (exact) mass is 373 g/mol. The molecular weight excluding hydrogens is 350 g/mol. The summed E-state index contributed by atoms with van der Waals surface area (Å²) >= 11 is 1.40. The van der Waals surface area contributed by atoms with Crippen molar-refractivity contribution in [1.29, 1.82) is 0 Å². The molecule has 0 aliphatic carbocycles. The highest BCUT2D eigenvalue weighted by Crippen LogP contribution is 2.24. The van der Waals surface area contributed by atoms with Gasteiger partial charge in [-0.3, -0.25) is 14.2 Å². The maximum atomic E-state index is 12.5. The summed E-state index contributed by atoms with van der Waals surface area (Å²) in [6.45, 7) is 7.89. The fourth-order valence-corrected chi connectivity index (χ4v) is 3.91. The molecule has 7 nitrogen and oxygen atoms in total. The van der Waals surface area contributed by atoms with Gasteiger partial charge in [0.2, 0.25) is 11.8 Å². The maximum Gasteiger partial charge on any atom is 0.233 e. The van der Waals surface area contributed by atoms with E-state index in [1.54, 1.807) is 11.8 Å². The lowest BCUT2D eigenvalue weighted by molar-refractivity contribution is -0.136. The molecule has 8 heteroatoms. The fraction of sp³-hybridized carbons (Fsp3) is 0.444. The number of hydrogen-bond donors (Lipinski definition) is 0. The van der Waals surface area contributed by atoms with Crippen LogP contribution in [-0.4, -0.2) is 68.3 Å². The Balaban J connectivity index is 1.65. The second kappa shape index (κ2) is 7.90. The zero-order valence-electron chi connectivity index (χ0n) is 15.3. The van der Waals surface area contributed by atoms with Crippen LogP contribution in [0.4, 0.5) is 0 Å². The van der Waals surface area contributed by atoms with Gasteiger partial charge in [0.1, 0.15) is 5.82 Å². The topological polar surface area (TPSA) is 71.3 Å². The molecule has 26 heavy (non-hydrogen) atoms. The Morgan fingerprint density at radius 2 is 1.69 bits per heavy atom. The van der Waals surface area contributed by atoms with E-state index in [0.717, 1.165) is 17.1 Å². The summed E-state index contributed by atoms with van der Waals surface area (Å²) < 4.78 is 1.99. The van der Waals surface area contributed by atoms with E-state index in [1.807, 2.05) is 47.6 Å². The molecule has 3 rings (SSSR count). The predicted octanol–water partition coefficient (Wildman–Crippen LogP) is 1.67. The number of rotatable bonds is 4. The summed E-state index contributed by atoms with van der Waals surface area (Å²) in [4.78, 5) is 27.5. The first-order chi connectivity index (χ1) is 12.5. The van der Waals surface area contributed by atoms with E-state index >= 15 is 0 Å². The smallest absolute Gasteiger partial charge is 0.233 e. The average Bonchev–Trinajstić information content (AvgIpc) is 3.00. The van der Waals surface area contributed by atoms with Crippen LogP contribution in [0.15, 0.2) is 29.4 Å². The first kappa shape index (κ1) is 18.4. The number of amides is 2. The van der Waals surface area contributed by atoms with Gasteiger partial charge in [0.25, 0.3) is 0 Å². The number of aromatic nitrogens is 3. The van der Waals surface area contributed by atoms with Crippen LogP contribution in [0.2, 0.25) is 0 Å². The molecule has 0 spiro atoms. The summed E-state index contributed by atoms with van der Waals surface area (Å²) in [5.41, 5.74) is 2.16. The second-order valence-electron chi connectivity index (χ2n) is 6.33. The van der Waals surface area contributed by atoms with Gasteiger partial charge in [-0.25, -0.2) is 0 Å². The second-order valence-corrected chi connectivity index (χ2v) is 7.27. The molecule has 1 aromatic carbocycles. The lowest BCUT2D eigenvalue weighted by Gasteiger charge is -2.34. The average molecular weight is 373 g/mol. The summed E-state index contributed by atoms with van der Waals surface area (Å²) in [7, 11) is 0. The van der Waals surface area contributed by atoms with E-state index in [1.165, 1.54) is 11.8 Å². The van der Waals surface area contributed by atoms with Gasteiger partial charge in [-0.15, -0.1) is 10.2 Å². The Hall–Kier alpha value is -2.35. The van der Waals surface area contributed by atoms with Crippen molar-refractivity contribution in [3.8, 4) is 5.69 Å². The number of piperazine rings is 1. The summed E-state index contributed by atoms with van der Waals surface area (Å²) in [6.07, 6.45) is 0. The molecule has 0 atom stereocenters. The van der Waals surface area contributed by atoms with E-state index in [9.17, 15) is 9.59 Å². The molecule has 0 N–H and O–H groups in total. The Labute approximate surface area is 157 Å². The van der Waals surface area contributed by atoms with Crippen molar-refractivity contribution in [2.75, 3.05) is 31.9 Å². The number of nitrogens with zero attached hydrogens (tertiary/aromatic N) is 5. The van der Waals surface area contributed by atoms with Crippen molar-refractivity contribution in [3.63, 3.8) is 0 Å². The van der Waals surface area contributed by atoms with Crippen LogP contribution in [0, 0.1) is 13.8 Å². The minimum absolute atomic E-state index is 0.0632. The number of aryl methyl sites for hydroxylation is 2. The van der Waals surface area contributed by atoms with Crippen molar-refractivity contribution < 1.29 is 9.59 Å². The summed E-state index contributed by atoms with van der Waals surface area (Å²) in [6, 6.07) is 8.05. The first-order valence-corrected chi connectivity index (χ1v) is 9.60. The van der Waals surface area contributed by atoms with E-state index < -0.39 is 0 Å². The van der Waals surface area contributed by atoms with Crippen molar-refractivity contribution >= 4 is 23.6 Å². The summed E-state index contributed by atoms with van der Waals surface area (Å²) in [5, 5.41) is 9.13. The third-order valence-corrected chi connectivity index (χ3v) is 5.47. The molecule has 0 radical (unpaired) electrons. The first-order valence-electron chi connectivity index (χ1n) is 8.61. The fourth-order valence-electron chi connectivity index (χ4n) is 3.02. The van der Waals surface area contributed by atoms with Gasteiger partial charge in [-0.2, -0.15) is 0 Å². The molecule has 1 aliphatic rings. The van der Waals surface area contributed by atoms with Gasteiger partial charge in [-0.1, -0.05) is 30.0 Å². The van der Waals surface area contributed by atoms with Crippen LogP contribution in [0.25, 0.3) is 5.69 Å². The van der Waals surface area contributed by atoms with Crippen molar-refractivity contribution in [2.24, 2.45) is 0 Å². The minimum atomic E-state index is 0.0632. The number of benzene rings is 1. The van der Waals surface area contributed by atoms with Crippen molar-refractivity contribution in [1.82, 2.24) is 24.6 Å². The van der Waals surface area contributed by atoms with E-state index in [2.05, 4.69) is 10.2 Å². The SMILES string of the molecule is CC(=O)N1CCN(C(=O)CSc2nnc(C)n2-c2ccccc2C)CC1. The van der Waals surface area contributed by atoms with Gasteiger partial charge in [0, 0.05) is 33.1 Å². The number of carbonyl (C=O) groups excluding carboxylic acids is 2. The highest BCUT2D eigenvalue weighted by atomic mass is 32.2. The van der Waals surface area contributed by atoms with Crippen molar-refractivity contribution in [3.05, 3.63) is 35.7 Å². The van der Waals surface area contributed by atoms with Crippen LogP contribution >= 0.6 is 11.8 Å². The molecule has 1 saturated heterocycles. The van der Waals surface area contributed by atoms with Gasteiger partial charge >= 0.3 is 0 Å². The normalized spacial score (nSPS) is 14.6. The van der Waals surface area contributed by atoms with Crippen LogP contribution in [0.5, 0.6) is 0 Å². The predicted molar refractivity (Wildman–Crippen MR) is 100 cm³/mol. The molecule has 0 saturated carbocycles. The van der Waals surface area contributed by atoms with Crippen LogP contribution < -0.4 is 0 Å². The summed E-state index contributed by atoms with van der Waals surface area (Å²) in [5.74, 6) is 1.23. The quantitative estimate of drug-likeness (QED) is 0.763. The lowest BCUT2D eigenvalue weighted by Crippen LogP contribution is -2.50. The number of hydrogen-bond acceptors (Lipinski definition) is 5. The minimum Gasteiger partial charge on any atom is -0.339 e. The van der Waals surface area contributed by atoms with Crippen LogP contribution in [0.1, 0.15) is 18.3 Å². The highest BCUT2D eigenvalue weighted by Gasteiger charge is 2.23. The molecule has 138 valence electrons. The van der Waals surface area contributed by atoms with E-state index in [0.29, 0.717) is 37.1 Å². The molecule has 2 aromatic rings. The van der Waals surface area contributed by atoms with Crippen LogP contribution in [-0.2, 0) is 9.59 Å². The molecule has 0 unspecified atom stereocenters. The van der Waals surface area contributed by atoms with Gasteiger partial charge < -0.3 is 9.80 Å². The molecule has 1 fully saturated rings. The zero-order chi connectivity index (χ0) is 18.7. The van der Waals surface area contributed by atoms with Crippen molar-refractivity contribution in [2.45, 2.75) is 25.9 Å². The van der Waals surface area contributed by atoms with Crippen LogP contribution in [0.3, 0.4) is 0 Å². The number of para-hydroxylation sites is 1. The van der Waals surface area contributed by atoms with Gasteiger partial charge in [0.15, 0.2) is 5.16 Å². The standard InChI is InChI=1S/C18H23N5O2S/c1-13-6-4-5-7-16(13)23-14(2)19-20-18(23)26-12-17(25)22-10-8-21(9-11-22)15(3)24/h4-7H,8-12H2,1-3H3. The third kappa shape index (κ3) is 3.90. The Morgan fingerprint density at radius 3 is 2.35 bits per heavy atom. The molecule has 1 aliphatic heterocycles. The van der Waals surface area contributed by atoms with Gasteiger partial charge in [-0.05, 0) is 25.5 Å².